The highest BCUT2D eigenvalue weighted by Gasteiger charge is 2.42. The molecule has 2 N–H and O–H groups in total. The lowest BCUT2D eigenvalue weighted by Gasteiger charge is -2.19. The standard InChI is InChI=1S/C13H17N3O3/c1-13(12(18)19)4-5-16(7-13)11(17)10-6-9(14-15-10)8-2-3-8/h6,8H,2-5,7H2,1H3,(H,14,15)(H,18,19)/t13-/m0/s1. The summed E-state index contributed by atoms with van der Waals surface area (Å²) in [6.07, 6.45) is 2.79. The third kappa shape index (κ3) is 2.11. The van der Waals surface area contributed by atoms with Crippen LogP contribution in [0.4, 0.5) is 0 Å². The Kier molecular flexibility index (Phi) is 2.62. The number of aromatic nitrogens is 2. The lowest BCUT2D eigenvalue weighted by Crippen LogP contribution is -2.35. The highest BCUT2D eigenvalue weighted by atomic mass is 16.4. The van der Waals surface area contributed by atoms with Gasteiger partial charge in [-0.05, 0) is 32.3 Å². The summed E-state index contributed by atoms with van der Waals surface area (Å²) in [5.74, 6) is -0.492. The Morgan fingerprint density at radius 3 is 2.84 bits per heavy atom. The van der Waals surface area contributed by atoms with Crippen molar-refractivity contribution in [2.75, 3.05) is 13.1 Å². The summed E-state index contributed by atoms with van der Waals surface area (Å²) in [5.41, 5.74) is 0.589. The van der Waals surface area contributed by atoms with Crippen molar-refractivity contribution in [3.63, 3.8) is 0 Å². The second-order valence-electron chi connectivity index (χ2n) is 5.83. The summed E-state index contributed by atoms with van der Waals surface area (Å²) >= 11 is 0. The lowest BCUT2D eigenvalue weighted by atomic mass is 9.90. The van der Waals surface area contributed by atoms with Crippen LogP contribution < -0.4 is 0 Å². The van der Waals surface area contributed by atoms with Crippen LogP contribution in [0, 0.1) is 5.41 Å². The predicted molar refractivity (Wildman–Crippen MR) is 66.8 cm³/mol. The number of likely N-dealkylation sites (tertiary alicyclic amines) is 1. The van der Waals surface area contributed by atoms with E-state index in [9.17, 15) is 9.59 Å². The molecule has 1 saturated carbocycles. The van der Waals surface area contributed by atoms with Crippen molar-refractivity contribution >= 4 is 11.9 Å². The van der Waals surface area contributed by atoms with E-state index >= 15 is 0 Å². The maximum atomic E-state index is 12.3. The molecule has 19 heavy (non-hydrogen) atoms. The molecule has 1 aromatic rings. The summed E-state index contributed by atoms with van der Waals surface area (Å²) < 4.78 is 0. The number of nitrogens with one attached hydrogen (secondary N) is 1. The van der Waals surface area contributed by atoms with Crippen LogP contribution in [-0.2, 0) is 4.79 Å². The Morgan fingerprint density at radius 2 is 2.26 bits per heavy atom. The van der Waals surface area contributed by atoms with Crippen molar-refractivity contribution in [3.8, 4) is 0 Å². The third-order valence-electron chi connectivity index (χ3n) is 4.11. The van der Waals surface area contributed by atoms with E-state index in [1.165, 1.54) is 0 Å². The molecule has 1 saturated heterocycles. The van der Waals surface area contributed by atoms with Gasteiger partial charge in [-0.25, -0.2) is 0 Å². The van der Waals surface area contributed by atoms with Crippen LogP contribution in [0.1, 0.15) is 48.3 Å². The summed E-state index contributed by atoms with van der Waals surface area (Å²) in [6, 6.07) is 1.80. The maximum Gasteiger partial charge on any atom is 0.311 e. The van der Waals surface area contributed by atoms with Gasteiger partial charge in [-0.3, -0.25) is 14.7 Å². The van der Waals surface area contributed by atoms with Crippen LogP contribution in [0.15, 0.2) is 6.07 Å². The maximum absolute atomic E-state index is 12.3. The molecule has 0 aromatic carbocycles. The highest BCUT2D eigenvalue weighted by molar-refractivity contribution is 5.93. The van der Waals surface area contributed by atoms with Crippen LogP contribution in [0.2, 0.25) is 0 Å². The smallest absolute Gasteiger partial charge is 0.311 e. The summed E-state index contributed by atoms with van der Waals surface area (Å²) in [7, 11) is 0. The first-order valence-electron chi connectivity index (χ1n) is 6.57. The molecule has 0 unspecified atom stereocenters. The van der Waals surface area contributed by atoms with Gasteiger partial charge in [-0.2, -0.15) is 5.10 Å². The van der Waals surface area contributed by atoms with Gasteiger partial charge >= 0.3 is 5.97 Å². The summed E-state index contributed by atoms with van der Waals surface area (Å²) in [4.78, 5) is 25.0. The quantitative estimate of drug-likeness (QED) is 0.858. The van der Waals surface area contributed by atoms with Crippen molar-refractivity contribution in [2.45, 2.75) is 32.1 Å². The van der Waals surface area contributed by atoms with Crippen LogP contribution in [0.3, 0.4) is 0 Å². The van der Waals surface area contributed by atoms with Gasteiger partial charge in [0.05, 0.1) is 5.41 Å². The summed E-state index contributed by atoms with van der Waals surface area (Å²) in [5, 5.41) is 16.1. The molecular weight excluding hydrogens is 246 g/mol. The number of aliphatic carboxylic acids is 1. The molecule has 3 rings (SSSR count). The van der Waals surface area contributed by atoms with Gasteiger partial charge in [0.2, 0.25) is 0 Å². The van der Waals surface area contributed by atoms with Crippen molar-refractivity contribution in [1.29, 1.82) is 0 Å². The molecule has 0 spiro atoms. The number of carbonyl (C=O) groups is 2. The molecule has 1 atom stereocenters. The van der Waals surface area contributed by atoms with Gasteiger partial charge < -0.3 is 10.0 Å². The number of carboxylic acids is 1. The molecule has 0 radical (unpaired) electrons. The Labute approximate surface area is 110 Å². The van der Waals surface area contributed by atoms with Crippen LogP contribution in [0.25, 0.3) is 0 Å². The predicted octanol–water partition coefficient (Wildman–Crippen LogP) is 1.22. The first-order chi connectivity index (χ1) is 8.99. The van der Waals surface area contributed by atoms with Crippen LogP contribution in [-0.4, -0.2) is 45.2 Å². The third-order valence-corrected chi connectivity index (χ3v) is 4.11. The first-order valence-corrected chi connectivity index (χ1v) is 6.57. The van der Waals surface area contributed by atoms with Crippen molar-refractivity contribution in [2.24, 2.45) is 5.41 Å². The molecule has 102 valence electrons. The number of H-pyrrole nitrogens is 1. The number of amides is 1. The van der Waals surface area contributed by atoms with E-state index in [0.29, 0.717) is 24.6 Å². The van der Waals surface area contributed by atoms with Gasteiger partial charge in [0, 0.05) is 24.7 Å². The Hall–Kier alpha value is -1.85. The second kappa shape index (κ2) is 4.08. The summed E-state index contributed by atoms with van der Waals surface area (Å²) in [6.45, 7) is 2.42. The number of carboxylic acid groups (broad SMARTS) is 1. The normalized spacial score (nSPS) is 26.7. The monoisotopic (exact) mass is 263 g/mol. The zero-order valence-electron chi connectivity index (χ0n) is 10.8. The van der Waals surface area contributed by atoms with Crippen LogP contribution in [0.5, 0.6) is 0 Å². The minimum Gasteiger partial charge on any atom is -0.481 e. The molecule has 1 aromatic heterocycles. The van der Waals surface area contributed by atoms with Gasteiger partial charge in [0.1, 0.15) is 5.69 Å². The van der Waals surface area contributed by atoms with Gasteiger partial charge in [0.25, 0.3) is 5.91 Å². The topological polar surface area (TPSA) is 86.3 Å². The minimum absolute atomic E-state index is 0.173. The zero-order chi connectivity index (χ0) is 13.6. The van der Waals surface area contributed by atoms with Gasteiger partial charge in [-0.1, -0.05) is 0 Å². The molecule has 1 aliphatic carbocycles. The molecule has 1 amide bonds. The van der Waals surface area contributed by atoms with Crippen molar-refractivity contribution in [1.82, 2.24) is 15.1 Å². The number of aromatic amines is 1. The molecular formula is C13H17N3O3. The fraction of sp³-hybridized carbons (Fsp3) is 0.615. The minimum atomic E-state index is -0.844. The molecule has 2 fully saturated rings. The average Bonchev–Trinajstić information content (AvgIpc) is 2.97. The van der Waals surface area contributed by atoms with Crippen LogP contribution >= 0.6 is 0 Å². The first kappa shape index (κ1) is 12.2. The van der Waals surface area contributed by atoms with E-state index < -0.39 is 11.4 Å². The Morgan fingerprint density at radius 1 is 1.53 bits per heavy atom. The SMILES string of the molecule is C[C@]1(C(=O)O)CCN(C(=O)c2cc(C3CC3)[nH]n2)C1. The van der Waals surface area contributed by atoms with E-state index in [1.807, 2.05) is 0 Å². The number of hydrogen-bond acceptors (Lipinski definition) is 3. The number of hydrogen-bond donors (Lipinski definition) is 2. The van der Waals surface area contributed by atoms with Crippen molar-refractivity contribution in [3.05, 3.63) is 17.5 Å². The largest absolute Gasteiger partial charge is 0.481 e. The Bertz CT molecular complexity index is 535. The highest BCUT2D eigenvalue weighted by Crippen LogP contribution is 2.39. The van der Waals surface area contributed by atoms with Gasteiger partial charge in [0.15, 0.2) is 0 Å². The molecule has 2 heterocycles. The molecule has 1 aliphatic heterocycles. The molecule has 6 heteroatoms. The second-order valence-corrected chi connectivity index (χ2v) is 5.83. The lowest BCUT2D eigenvalue weighted by molar-refractivity contribution is -0.147. The number of nitrogens with zero attached hydrogens (tertiary/aromatic N) is 2. The van der Waals surface area contributed by atoms with E-state index in [4.69, 9.17) is 5.11 Å². The number of rotatable bonds is 3. The van der Waals surface area contributed by atoms with E-state index in [0.717, 1.165) is 18.5 Å². The zero-order valence-corrected chi connectivity index (χ0v) is 10.8. The van der Waals surface area contributed by atoms with E-state index in [2.05, 4.69) is 10.2 Å². The van der Waals surface area contributed by atoms with Crippen molar-refractivity contribution < 1.29 is 14.7 Å². The fourth-order valence-corrected chi connectivity index (χ4v) is 2.52. The fourth-order valence-electron chi connectivity index (χ4n) is 2.52. The molecule has 0 bridgehead atoms. The molecule has 2 aliphatic rings. The molecule has 6 nitrogen and oxygen atoms in total. The average molecular weight is 263 g/mol. The van der Waals surface area contributed by atoms with E-state index in [1.54, 1.807) is 17.9 Å². The van der Waals surface area contributed by atoms with Gasteiger partial charge in [-0.15, -0.1) is 0 Å². The number of carbonyl (C=O) groups excluding carboxylic acids is 1. The Balaban J connectivity index is 1.72. The van der Waals surface area contributed by atoms with E-state index in [-0.39, 0.29) is 12.5 Å².